The molecule has 1 N–H and O–H groups in total. The average molecular weight is 309 g/mol. The summed E-state index contributed by atoms with van der Waals surface area (Å²) >= 11 is 1.41. The van der Waals surface area contributed by atoms with Crippen LogP contribution in [0.15, 0.2) is 12.7 Å². The van der Waals surface area contributed by atoms with Gasteiger partial charge >= 0.3 is 0 Å². The van der Waals surface area contributed by atoms with Crippen LogP contribution in [0.2, 0.25) is 0 Å². The van der Waals surface area contributed by atoms with E-state index >= 15 is 0 Å². The minimum absolute atomic E-state index is 0.00707. The molecule has 7 nitrogen and oxygen atoms in total. The third-order valence-corrected chi connectivity index (χ3v) is 4.47. The second-order valence-corrected chi connectivity index (χ2v) is 5.92. The third-order valence-electron chi connectivity index (χ3n) is 3.69. The number of amides is 1. The fourth-order valence-corrected chi connectivity index (χ4v) is 3.11. The van der Waals surface area contributed by atoms with E-state index in [0.717, 1.165) is 51.1 Å². The van der Waals surface area contributed by atoms with Crippen molar-refractivity contribution in [3.05, 3.63) is 12.7 Å². The van der Waals surface area contributed by atoms with Crippen LogP contribution in [0.1, 0.15) is 0 Å². The molecule has 0 bridgehead atoms. The van der Waals surface area contributed by atoms with Gasteiger partial charge in [0, 0.05) is 50.2 Å². The molecule has 0 saturated carbocycles. The summed E-state index contributed by atoms with van der Waals surface area (Å²) in [6, 6.07) is 0. The van der Waals surface area contributed by atoms with Crippen LogP contribution in [0, 0.1) is 5.92 Å². The van der Waals surface area contributed by atoms with E-state index in [9.17, 15) is 4.79 Å². The monoisotopic (exact) mass is 309 g/mol. The van der Waals surface area contributed by atoms with Crippen LogP contribution in [-0.2, 0) is 9.53 Å². The summed E-state index contributed by atoms with van der Waals surface area (Å²) in [4.78, 5) is 19.8. The highest BCUT2D eigenvalue weighted by Gasteiger charge is 2.29. The number of nitrogens with one attached hydrogen (secondary N) is 1. The van der Waals surface area contributed by atoms with E-state index in [4.69, 9.17) is 4.74 Å². The summed E-state index contributed by atoms with van der Waals surface area (Å²) in [6.07, 6.45) is 1.36. The molecule has 3 rings (SSSR count). The molecule has 1 aromatic rings. The van der Waals surface area contributed by atoms with Crippen molar-refractivity contribution >= 4 is 28.5 Å². The predicted octanol–water partition coefficient (Wildman–Crippen LogP) is 0.431. The molecule has 1 amide bonds. The Bertz CT molecular complexity index is 508. The van der Waals surface area contributed by atoms with Gasteiger partial charge in [0.2, 0.25) is 17.0 Å². The Hall–Kier alpha value is -1.67. The van der Waals surface area contributed by atoms with Crippen LogP contribution in [-0.4, -0.2) is 66.1 Å². The highest BCUT2D eigenvalue weighted by Crippen LogP contribution is 2.22. The van der Waals surface area contributed by atoms with Gasteiger partial charge in [-0.15, -0.1) is 0 Å². The molecule has 0 atom stereocenters. The number of carbonyl (C=O) groups is 1. The zero-order valence-electron chi connectivity index (χ0n) is 11.8. The molecule has 0 aromatic carbocycles. The predicted molar refractivity (Wildman–Crippen MR) is 81.7 cm³/mol. The van der Waals surface area contributed by atoms with E-state index in [1.54, 1.807) is 4.90 Å². The van der Waals surface area contributed by atoms with E-state index in [0.29, 0.717) is 11.9 Å². The van der Waals surface area contributed by atoms with Gasteiger partial charge in [-0.2, -0.15) is 9.36 Å². The fraction of sp³-hybridized carbons (Fsp3) is 0.615. The molecule has 8 heteroatoms. The van der Waals surface area contributed by atoms with Gasteiger partial charge in [0.25, 0.3) is 0 Å². The van der Waals surface area contributed by atoms with Crippen molar-refractivity contribution in [1.82, 2.24) is 14.3 Å². The highest BCUT2D eigenvalue weighted by molar-refractivity contribution is 7.09. The average Bonchev–Trinajstić information content (AvgIpc) is 2.95. The third kappa shape index (κ3) is 3.33. The summed E-state index contributed by atoms with van der Waals surface area (Å²) in [5.74, 6) is 1.15. The summed E-state index contributed by atoms with van der Waals surface area (Å²) < 4.78 is 9.66. The maximum atomic E-state index is 11.3. The second-order valence-electron chi connectivity index (χ2n) is 5.19. The molecule has 2 aliphatic rings. The van der Waals surface area contributed by atoms with Gasteiger partial charge < -0.3 is 19.9 Å². The van der Waals surface area contributed by atoms with Crippen molar-refractivity contribution in [3.8, 4) is 0 Å². The first-order chi connectivity index (χ1) is 10.3. The first-order valence-electron chi connectivity index (χ1n) is 7.08. The molecule has 1 aromatic heterocycles. The van der Waals surface area contributed by atoms with Crippen molar-refractivity contribution in [3.63, 3.8) is 0 Å². The Morgan fingerprint density at radius 2 is 2.24 bits per heavy atom. The molecule has 2 fully saturated rings. The SMILES string of the molecule is C=CC(=O)N1CC(CNc2nsc(N3CCOCC3)n2)C1. The summed E-state index contributed by atoms with van der Waals surface area (Å²) in [7, 11) is 0. The van der Waals surface area contributed by atoms with E-state index in [-0.39, 0.29) is 5.91 Å². The number of anilines is 2. The van der Waals surface area contributed by atoms with Gasteiger partial charge in [-0.25, -0.2) is 0 Å². The highest BCUT2D eigenvalue weighted by atomic mass is 32.1. The Morgan fingerprint density at radius 3 is 2.95 bits per heavy atom. The van der Waals surface area contributed by atoms with Crippen molar-refractivity contribution in [2.24, 2.45) is 5.92 Å². The Balaban J connectivity index is 1.43. The van der Waals surface area contributed by atoms with Crippen LogP contribution in [0.5, 0.6) is 0 Å². The quantitative estimate of drug-likeness (QED) is 0.796. The number of carbonyl (C=O) groups excluding carboxylic acids is 1. The van der Waals surface area contributed by atoms with Crippen LogP contribution < -0.4 is 10.2 Å². The van der Waals surface area contributed by atoms with Crippen LogP contribution >= 0.6 is 11.5 Å². The van der Waals surface area contributed by atoms with Gasteiger partial charge in [0.1, 0.15) is 0 Å². The number of rotatable bonds is 5. The first kappa shape index (κ1) is 14.3. The molecule has 2 aliphatic heterocycles. The standard InChI is InChI=1S/C13H19N5O2S/c1-2-11(19)18-8-10(9-18)7-14-12-15-13(21-16-12)17-3-5-20-6-4-17/h2,10H,1,3-9H2,(H,14,16). The number of morpholine rings is 1. The van der Waals surface area contributed by atoms with Gasteiger partial charge in [-0.3, -0.25) is 4.79 Å². The van der Waals surface area contributed by atoms with E-state index in [1.165, 1.54) is 17.6 Å². The molecule has 0 radical (unpaired) electrons. The van der Waals surface area contributed by atoms with E-state index < -0.39 is 0 Å². The molecule has 3 heterocycles. The Kier molecular flexibility index (Phi) is 4.35. The normalized spacial score (nSPS) is 19.2. The van der Waals surface area contributed by atoms with Crippen molar-refractivity contribution in [1.29, 1.82) is 0 Å². The van der Waals surface area contributed by atoms with Gasteiger partial charge in [0.05, 0.1) is 13.2 Å². The molecule has 2 saturated heterocycles. The van der Waals surface area contributed by atoms with Gasteiger partial charge in [0.15, 0.2) is 0 Å². The molecule has 114 valence electrons. The lowest BCUT2D eigenvalue weighted by molar-refractivity contribution is -0.131. The number of nitrogens with zero attached hydrogens (tertiary/aromatic N) is 4. The summed E-state index contributed by atoms with van der Waals surface area (Å²) in [5, 5.41) is 4.19. The van der Waals surface area contributed by atoms with Crippen LogP contribution in [0.25, 0.3) is 0 Å². The first-order valence-corrected chi connectivity index (χ1v) is 7.85. The number of aromatic nitrogens is 2. The lowest BCUT2D eigenvalue weighted by Gasteiger charge is -2.38. The Morgan fingerprint density at radius 1 is 1.48 bits per heavy atom. The van der Waals surface area contributed by atoms with Crippen LogP contribution in [0.3, 0.4) is 0 Å². The van der Waals surface area contributed by atoms with Gasteiger partial charge in [-0.05, 0) is 6.08 Å². The van der Waals surface area contributed by atoms with Crippen molar-refractivity contribution in [2.45, 2.75) is 0 Å². The molecule has 0 unspecified atom stereocenters. The number of hydrogen-bond donors (Lipinski definition) is 1. The summed E-state index contributed by atoms with van der Waals surface area (Å²) in [5.41, 5.74) is 0. The van der Waals surface area contributed by atoms with Crippen molar-refractivity contribution in [2.75, 3.05) is 56.2 Å². The lowest BCUT2D eigenvalue weighted by atomic mass is 10.0. The van der Waals surface area contributed by atoms with Crippen LogP contribution in [0.4, 0.5) is 11.1 Å². The lowest BCUT2D eigenvalue weighted by Crippen LogP contribution is -2.51. The second kappa shape index (κ2) is 6.40. The zero-order valence-corrected chi connectivity index (χ0v) is 12.6. The molecule has 21 heavy (non-hydrogen) atoms. The maximum absolute atomic E-state index is 11.3. The van der Waals surface area contributed by atoms with E-state index in [1.807, 2.05) is 0 Å². The molecular weight excluding hydrogens is 290 g/mol. The maximum Gasteiger partial charge on any atom is 0.245 e. The smallest absolute Gasteiger partial charge is 0.245 e. The molecule has 0 spiro atoms. The largest absolute Gasteiger partial charge is 0.378 e. The molecule has 0 aliphatic carbocycles. The minimum Gasteiger partial charge on any atom is -0.378 e. The number of ether oxygens (including phenoxy) is 1. The van der Waals surface area contributed by atoms with Gasteiger partial charge in [-0.1, -0.05) is 6.58 Å². The summed E-state index contributed by atoms with van der Waals surface area (Å²) in [6.45, 7) is 9.07. The number of hydrogen-bond acceptors (Lipinski definition) is 7. The fourth-order valence-electron chi connectivity index (χ4n) is 2.41. The topological polar surface area (TPSA) is 70.6 Å². The number of likely N-dealkylation sites (tertiary alicyclic amines) is 1. The minimum atomic E-state index is 0.00707. The van der Waals surface area contributed by atoms with E-state index in [2.05, 4.69) is 26.2 Å². The molecular formula is C13H19N5O2S. The van der Waals surface area contributed by atoms with Crippen molar-refractivity contribution < 1.29 is 9.53 Å². The Labute approximate surface area is 127 Å². The zero-order chi connectivity index (χ0) is 14.7.